The molecule has 2 aromatic rings. The van der Waals surface area contributed by atoms with Crippen LogP contribution in [-0.2, 0) is 0 Å². The Bertz CT molecular complexity index is 953. The molecule has 0 aromatic heterocycles. The minimum absolute atomic E-state index is 0.0120. The smallest absolute Gasteiger partial charge is 0.319 e. The summed E-state index contributed by atoms with van der Waals surface area (Å²) in [6.07, 6.45) is 1.73. The third-order valence-electron chi connectivity index (χ3n) is 5.70. The third-order valence-corrected chi connectivity index (χ3v) is 6.39. The molecule has 2 aromatic carbocycles. The van der Waals surface area contributed by atoms with Gasteiger partial charge in [-0.05, 0) is 62.2 Å². The third kappa shape index (κ3) is 8.24. The number of carbonyl (C=O) groups excluding carboxylic acids is 2. The number of benzene rings is 2. The second kappa shape index (κ2) is 13.0. The fourth-order valence-electron chi connectivity index (χ4n) is 3.97. The van der Waals surface area contributed by atoms with Crippen LogP contribution in [0, 0.1) is 0 Å². The number of likely N-dealkylation sites (tertiary alicyclic amines) is 1. The lowest BCUT2D eigenvalue weighted by atomic mass is 9.95. The summed E-state index contributed by atoms with van der Waals surface area (Å²) in [7, 11) is 0. The van der Waals surface area contributed by atoms with Crippen molar-refractivity contribution in [1.29, 1.82) is 0 Å². The highest BCUT2D eigenvalue weighted by atomic mass is 35.5. The maximum absolute atomic E-state index is 12.5. The molecule has 2 unspecified atom stereocenters. The number of nitrogens with zero attached hydrogens (tertiary/aromatic N) is 1. The van der Waals surface area contributed by atoms with Crippen molar-refractivity contribution in [2.45, 2.75) is 31.7 Å². The summed E-state index contributed by atoms with van der Waals surface area (Å²) < 4.78 is 0. The molecule has 10 heteroatoms. The van der Waals surface area contributed by atoms with Crippen molar-refractivity contribution in [2.24, 2.45) is 0 Å². The highest BCUT2D eigenvalue weighted by molar-refractivity contribution is 6.35. The summed E-state index contributed by atoms with van der Waals surface area (Å²) in [6.45, 7) is 5.19. The number of urea groups is 2. The maximum atomic E-state index is 12.5. The molecule has 3 rings (SSSR count). The number of carbonyl (C=O) groups is 2. The van der Waals surface area contributed by atoms with E-state index in [0.717, 1.165) is 31.5 Å². The molecule has 4 amide bonds. The van der Waals surface area contributed by atoms with Crippen LogP contribution in [0.5, 0.6) is 0 Å². The summed E-state index contributed by atoms with van der Waals surface area (Å²) in [6, 6.07) is 12.5. The quantitative estimate of drug-likeness (QED) is 0.356. The molecule has 1 aliphatic heterocycles. The van der Waals surface area contributed by atoms with Crippen LogP contribution in [0.15, 0.2) is 42.5 Å². The molecule has 0 saturated carbocycles. The second-order valence-electron chi connectivity index (χ2n) is 8.25. The lowest BCUT2D eigenvalue weighted by Crippen LogP contribution is -2.41. The number of hydrogen-bond acceptors (Lipinski definition) is 3. The lowest BCUT2D eigenvalue weighted by molar-refractivity contribution is 0.208. The molecule has 0 radical (unpaired) electrons. The van der Waals surface area contributed by atoms with E-state index in [0.29, 0.717) is 40.4 Å². The van der Waals surface area contributed by atoms with Crippen LogP contribution in [0.2, 0.25) is 15.1 Å². The summed E-state index contributed by atoms with van der Waals surface area (Å²) in [5.41, 5.74) is 1.62. The van der Waals surface area contributed by atoms with Gasteiger partial charge in [-0.2, -0.15) is 0 Å². The Balaban J connectivity index is 1.53. The summed E-state index contributed by atoms with van der Waals surface area (Å²) >= 11 is 18.1. The van der Waals surface area contributed by atoms with Gasteiger partial charge < -0.3 is 26.2 Å². The van der Waals surface area contributed by atoms with Crippen LogP contribution in [0.4, 0.5) is 15.3 Å². The number of nitrogens with one attached hydrogen (secondary N) is 4. The lowest BCUT2D eigenvalue weighted by Gasteiger charge is -2.21. The molecule has 0 bridgehead atoms. The van der Waals surface area contributed by atoms with E-state index in [1.54, 1.807) is 18.2 Å². The zero-order valence-corrected chi connectivity index (χ0v) is 21.3. The summed E-state index contributed by atoms with van der Waals surface area (Å²) in [5, 5.41) is 13.7. The van der Waals surface area contributed by atoms with E-state index >= 15 is 0 Å². The standard InChI is InChI=1S/C24H30Cl3N5O2/c1-2-28-24(34)32-10-8-21(15-32)29-9-7-17(16-3-5-18(25)6-4-16)14-30-23(33)31-22-12-19(26)11-20(27)13-22/h3-6,11-13,17,21,29H,2,7-10,14-15H2,1H3,(H,28,34)(H2,30,31,33). The van der Waals surface area contributed by atoms with Crippen molar-refractivity contribution in [3.8, 4) is 0 Å². The van der Waals surface area contributed by atoms with Gasteiger partial charge in [-0.15, -0.1) is 0 Å². The van der Waals surface area contributed by atoms with Crippen LogP contribution in [0.1, 0.15) is 31.2 Å². The van der Waals surface area contributed by atoms with Gasteiger partial charge >= 0.3 is 12.1 Å². The Kier molecular flexibility index (Phi) is 10.1. The van der Waals surface area contributed by atoms with Crippen molar-refractivity contribution in [3.05, 3.63) is 63.1 Å². The second-order valence-corrected chi connectivity index (χ2v) is 9.56. The largest absolute Gasteiger partial charge is 0.338 e. The molecule has 184 valence electrons. The molecular formula is C24H30Cl3N5O2. The van der Waals surface area contributed by atoms with E-state index in [1.807, 2.05) is 36.1 Å². The predicted molar refractivity (Wildman–Crippen MR) is 139 cm³/mol. The maximum Gasteiger partial charge on any atom is 0.319 e. The monoisotopic (exact) mass is 525 g/mol. The van der Waals surface area contributed by atoms with Crippen molar-refractivity contribution in [3.63, 3.8) is 0 Å². The first-order valence-electron chi connectivity index (χ1n) is 11.4. The predicted octanol–water partition coefficient (Wildman–Crippen LogP) is 5.34. The Morgan fingerprint density at radius 3 is 2.41 bits per heavy atom. The van der Waals surface area contributed by atoms with Crippen molar-refractivity contribution in [2.75, 3.05) is 38.0 Å². The van der Waals surface area contributed by atoms with Gasteiger partial charge in [0, 0.05) is 58.9 Å². The van der Waals surface area contributed by atoms with E-state index in [1.165, 1.54) is 0 Å². The molecular weight excluding hydrogens is 497 g/mol. The molecule has 1 fully saturated rings. The Morgan fingerprint density at radius 2 is 1.74 bits per heavy atom. The first kappa shape index (κ1) is 26.4. The van der Waals surface area contributed by atoms with Crippen LogP contribution in [0.3, 0.4) is 0 Å². The fraction of sp³-hybridized carbons (Fsp3) is 0.417. The zero-order valence-electron chi connectivity index (χ0n) is 19.0. The van der Waals surface area contributed by atoms with Gasteiger partial charge in [0.25, 0.3) is 0 Å². The average molecular weight is 527 g/mol. The molecule has 7 nitrogen and oxygen atoms in total. The van der Waals surface area contributed by atoms with Crippen molar-refractivity contribution < 1.29 is 9.59 Å². The molecule has 1 saturated heterocycles. The molecule has 2 atom stereocenters. The van der Waals surface area contributed by atoms with Crippen LogP contribution in [0.25, 0.3) is 0 Å². The highest BCUT2D eigenvalue weighted by Gasteiger charge is 2.25. The number of hydrogen-bond donors (Lipinski definition) is 4. The molecule has 1 heterocycles. The minimum Gasteiger partial charge on any atom is -0.338 e. The molecule has 0 aliphatic carbocycles. The van der Waals surface area contributed by atoms with E-state index in [-0.39, 0.29) is 24.0 Å². The Labute approximate surface area is 215 Å². The number of amides is 4. The van der Waals surface area contributed by atoms with Crippen LogP contribution in [-0.4, -0.2) is 55.7 Å². The normalized spacial score (nSPS) is 16.2. The van der Waals surface area contributed by atoms with Gasteiger partial charge in [0.2, 0.25) is 0 Å². The van der Waals surface area contributed by atoms with Crippen molar-refractivity contribution in [1.82, 2.24) is 20.9 Å². The van der Waals surface area contributed by atoms with Gasteiger partial charge in [-0.3, -0.25) is 0 Å². The molecule has 4 N–H and O–H groups in total. The van der Waals surface area contributed by atoms with E-state index in [2.05, 4.69) is 21.3 Å². The van der Waals surface area contributed by atoms with Crippen LogP contribution < -0.4 is 21.3 Å². The number of anilines is 1. The molecule has 34 heavy (non-hydrogen) atoms. The van der Waals surface area contributed by atoms with Gasteiger partial charge in [-0.25, -0.2) is 9.59 Å². The van der Waals surface area contributed by atoms with Gasteiger partial charge in [0.1, 0.15) is 0 Å². The topological polar surface area (TPSA) is 85.5 Å². The van der Waals surface area contributed by atoms with Crippen molar-refractivity contribution >= 4 is 52.6 Å². The summed E-state index contributed by atoms with van der Waals surface area (Å²) in [4.78, 5) is 26.3. The van der Waals surface area contributed by atoms with Gasteiger partial charge in [0.05, 0.1) is 0 Å². The zero-order chi connectivity index (χ0) is 24.5. The fourth-order valence-corrected chi connectivity index (χ4v) is 4.63. The summed E-state index contributed by atoms with van der Waals surface area (Å²) in [5.74, 6) is 0.0827. The highest BCUT2D eigenvalue weighted by Crippen LogP contribution is 2.23. The Morgan fingerprint density at radius 1 is 1.03 bits per heavy atom. The molecule has 1 aliphatic rings. The average Bonchev–Trinajstić information content (AvgIpc) is 3.25. The SMILES string of the molecule is CCNC(=O)N1CCC(NCCC(CNC(=O)Nc2cc(Cl)cc(Cl)c2)c2ccc(Cl)cc2)C1. The number of halogens is 3. The van der Waals surface area contributed by atoms with Gasteiger partial charge in [0.15, 0.2) is 0 Å². The van der Waals surface area contributed by atoms with E-state index in [9.17, 15) is 9.59 Å². The minimum atomic E-state index is -0.335. The first-order valence-corrected chi connectivity index (χ1v) is 12.5. The number of rotatable bonds is 9. The van der Waals surface area contributed by atoms with E-state index < -0.39 is 0 Å². The van der Waals surface area contributed by atoms with Gasteiger partial charge in [-0.1, -0.05) is 46.9 Å². The Hall–Kier alpha value is -2.19. The first-order chi connectivity index (χ1) is 16.3. The van der Waals surface area contributed by atoms with E-state index in [4.69, 9.17) is 34.8 Å². The molecule has 0 spiro atoms. The van der Waals surface area contributed by atoms with Crippen LogP contribution >= 0.6 is 34.8 Å².